The molecule has 0 unspecified atom stereocenters. The third-order valence-corrected chi connectivity index (χ3v) is 2.34. The number of benzene rings is 1. The largest absolute Gasteiger partial charge is 0.494 e. The van der Waals surface area contributed by atoms with E-state index in [0.29, 0.717) is 12.3 Å². The highest BCUT2D eigenvalue weighted by atomic mass is 16.5. The van der Waals surface area contributed by atoms with Crippen molar-refractivity contribution in [1.29, 1.82) is 0 Å². The fourth-order valence-electron chi connectivity index (χ4n) is 1.62. The molecule has 0 aliphatic heterocycles. The molecule has 0 spiro atoms. The normalized spacial score (nSPS) is 10.2. The van der Waals surface area contributed by atoms with Crippen molar-refractivity contribution in [3.8, 4) is 17.0 Å². The highest BCUT2D eigenvalue weighted by Crippen LogP contribution is 2.20. The Morgan fingerprint density at radius 1 is 1.29 bits per heavy atom. The monoisotopic (exact) mass is 230 g/mol. The van der Waals surface area contributed by atoms with E-state index in [2.05, 4.69) is 9.97 Å². The molecule has 2 rings (SSSR count). The van der Waals surface area contributed by atoms with Crippen LogP contribution in [0.4, 0.5) is 0 Å². The van der Waals surface area contributed by atoms with Gasteiger partial charge in [-0.05, 0) is 44.2 Å². The molecule has 1 heterocycles. The maximum atomic E-state index is 11.3. The number of hydrogen-bond donors (Lipinski definition) is 1. The van der Waals surface area contributed by atoms with Crippen LogP contribution in [-0.2, 0) is 0 Å². The lowest BCUT2D eigenvalue weighted by atomic mass is 10.1. The van der Waals surface area contributed by atoms with Gasteiger partial charge < -0.3 is 9.72 Å². The summed E-state index contributed by atoms with van der Waals surface area (Å²) < 4.78 is 5.36. The molecule has 0 atom stereocenters. The highest BCUT2D eigenvalue weighted by molar-refractivity contribution is 5.59. The first kappa shape index (κ1) is 11.4. The van der Waals surface area contributed by atoms with Crippen molar-refractivity contribution in [2.45, 2.75) is 13.8 Å². The Labute approximate surface area is 99.3 Å². The first-order valence-electron chi connectivity index (χ1n) is 5.50. The zero-order chi connectivity index (χ0) is 12.3. The SMILES string of the molecule is CCOc1ccc(-c2cc(C)[nH]c(=O)n2)cc1. The van der Waals surface area contributed by atoms with Crippen molar-refractivity contribution < 1.29 is 4.74 Å². The Kier molecular flexibility index (Phi) is 3.23. The van der Waals surface area contributed by atoms with Gasteiger partial charge in [-0.2, -0.15) is 4.98 Å². The zero-order valence-electron chi connectivity index (χ0n) is 9.86. The number of rotatable bonds is 3. The second-order valence-electron chi connectivity index (χ2n) is 3.71. The predicted molar refractivity (Wildman–Crippen MR) is 66.2 cm³/mol. The van der Waals surface area contributed by atoms with E-state index in [0.717, 1.165) is 17.0 Å². The van der Waals surface area contributed by atoms with Crippen LogP contribution in [0.2, 0.25) is 0 Å². The minimum Gasteiger partial charge on any atom is -0.494 e. The molecule has 1 aromatic heterocycles. The molecule has 1 aromatic carbocycles. The summed E-state index contributed by atoms with van der Waals surface area (Å²) in [5.41, 5.74) is 2.06. The van der Waals surface area contributed by atoms with Gasteiger partial charge in [0.15, 0.2) is 0 Å². The minimum atomic E-state index is -0.325. The van der Waals surface area contributed by atoms with Gasteiger partial charge in [0, 0.05) is 11.3 Å². The first-order chi connectivity index (χ1) is 8.19. The van der Waals surface area contributed by atoms with E-state index in [1.54, 1.807) is 0 Å². The molecule has 17 heavy (non-hydrogen) atoms. The summed E-state index contributed by atoms with van der Waals surface area (Å²) in [5, 5.41) is 0. The van der Waals surface area contributed by atoms with Crippen LogP contribution in [0, 0.1) is 6.92 Å². The van der Waals surface area contributed by atoms with Crippen molar-refractivity contribution in [1.82, 2.24) is 9.97 Å². The van der Waals surface area contributed by atoms with E-state index in [-0.39, 0.29) is 5.69 Å². The van der Waals surface area contributed by atoms with Gasteiger partial charge in [-0.15, -0.1) is 0 Å². The van der Waals surface area contributed by atoms with Gasteiger partial charge in [-0.1, -0.05) is 0 Å². The molecule has 0 saturated heterocycles. The van der Waals surface area contributed by atoms with Crippen LogP contribution in [0.15, 0.2) is 35.1 Å². The van der Waals surface area contributed by atoms with E-state index in [1.807, 2.05) is 44.2 Å². The smallest absolute Gasteiger partial charge is 0.345 e. The standard InChI is InChI=1S/C13H14N2O2/c1-3-17-11-6-4-10(5-7-11)12-8-9(2)14-13(16)15-12/h4-8H,3H2,1-2H3,(H,14,15,16). The van der Waals surface area contributed by atoms with Crippen LogP contribution in [0.5, 0.6) is 5.75 Å². The van der Waals surface area contributed by atoms with E-state index >= 15 is 0 Å². The van der Waals surface area contributed by atoms with Gasteiger partial charge in [0.2, 0.25) is 0 Å². The molecule has 0 saturated carbocycles. The summed E-state index contributed by atoms with van der Waals surface area (Å²) >= 11 is 0. The molecule has 88 valence electrons. The quantitative estimate of drug-likeness (QED) is 0.878. The lowest BCUT2D eigenvalue weighted by Gasteiger charge is -2.04. The van der Waals surface area contributed by atoms with Crippen molar-refractivity contribution in [3.05, 3.63) is 46.5 Å². The van der Waals surface area contributed by atoms with Crippen molar-refractivity contribution in [3.63, 3.8) is 0 Å². The lowest BCUT2D eigenvalue weighted by molar-refractivity contribution is 0.340. The highest BCUT2D eigenvalue weighted by Gasteiger charge is 2.02. The van der Waals surface area contributed by atoms with Crippen LogP contribution >= 0.6 is 0 Å². The maximum absolute atomic E-state index is 11.3. The number of aromatic amines is 1. The van der Waals surface area contributed by atoms with E-state index in [9.17, 15) is 4.79 Å². The molecule has 4 nitrogen and oxygen atoms in total. The van der Waals surface area contributed by atoms with Crippen molar-refractivity contribution >= 4 is 0 Å². The Hall–Kier alpha value is -2.10. The lowest BCUT2D eigenvalue weighted by Crippen LogP contribution is -2.11. The Morgan fingerprint density at radius 2 is 2.00 bits per heavy atom. The Morgan fingerprint density at radius 3 is 2.59 bits per heavy atom. The maximum Gasteiger partial charge on any atom is 0.345 e. The van der Waals surface area contributed by atoms with Gasteiger partial charge in [-0.25, -0.2) is 4.79 Å². The molecular formula is C13H14N2O2. The summed E-state index contributed by atoms with van der Waals surface area (Å²) in [4.78, 5) is 17.8. The summed E-state index contributed by atoms with van der Waals surface area (Å²) in [6.07, 6.45) is 0. The molecule has 2 aromatic rings. The molecule has 1 N–H and O–H groups in total. The number of aryl methyl sites for hydroxylation is 1. The Balaban J connectivity index is 2.36. The number of nitrogens with zero attached hydrogens (tertiary/aromatic N) is 1. The summed E-state index contributed by atoms with van der Waals surface area (Å²) in [6.45, 7) is 4.42. The molecular weight excluding hydrogens is 216 g/mol. The van der Waals surface area contributed by atoms with Crippen LogP contribution in [0.3, 0.4) is 0 Å². The molecule has 0 fully saturated rings. The topological polar surface area (TPSA) is 55.0 Å². The molecule has 4 heteroatoms. The minimum absolute atomic E-state index is 0.325. The number of aromatic nitrogens is 2. The van der Waals surface area contributed by atoms with Gasteiger partial charge in [-0.3, -0.25) is 0 Å². The third-order valence-electron chi connectivity index (χ3n) is 2.34. The molecule has 0 amide bonds. The van der Waals surface area contributed by atoms with Gasteiger partial charge >= 0.3 is 5.69 Å². The summed E-state index contributed by atoms with van der Waals surface area (Å²) in [7, 11) is 0. The summed E-state index contributed by atoms with van der Waals surface area (Å²) in [6, 6.07) is 9.38. The number of ether oxygens (including phenoxy) is 1. The number of H-pyrrole nitrogens is 1. The van der Waals surface area contributed by atoms with Crippen LogP contribution in [0.1, 0.15) is 12.6 Å². The first-order valence-corrected chi connectivity index (χ1v) is 5.50. The van der Waals surface area contributed by atoms with E-state index < -0.39 is 0 Å². The zero-order valence-corrected chi connectivity index (χ0v) is 9.86. The van der Waals surface area contributed by atoms with Crippen LogP contribution < -0.4 is 10.4 Å². The van der Waals surface area contributed by atoms with Crippen LogP contribution in [0.25, 0.3) is 11.3 Å². The van der Waals surface area contributed by atoms with Gasteiger partial charge in [0.25, 0.3) is 0 Å². The number of nitrogens with one attached hydrogen (secondary N) is 1. The third kappa shape index (κ3) is 2.72. The number of hydrogen-bond acceptors (Lipinski definition) is 3. The fourth-order valence-corrected chi connectivity index (χ4v) is 1.62. The molecule has 0 aliphatic carbocycles. The Bertz CT molecular complexity index is 558. The van der Waals surface area contributed by atoms with Crippen molar-refractivity contribution in [2.75, 3.05) is 6.61 Å². The predicted octanol–water partition coefficient (Wildman–Crippen LogP) is 2.14. The van der Waals surface area contributed by atoms with Crippen molar-refractivity contribution in [2.24, 2.45) is 0 Å². The second-order valence-corrected chi connectivity index (χ2v) is 3.71. The van der Waals surface area contributed by atoms with Gasteiger partial charge in [0.1, 0.15) is 5.75 Å². The average molecular weight is 230 g/mol. The fraction of sp³-hybridized carbons (Fsp3) is 0.231. The summed E-state index contributed by atoms with van der Waals surface area (Å²) in [5.74, 6) is 0.817. The van der Waals surface area contributed by atoms with Gasteiger partial charge in [0.05, 0.1) is 12.3 Å². The second kappa shape index (κ2) is 4.82. The molecule has 0 bridgehead atoms. The molecule has 0 aliphatic rings. The van der Waals surface area contributed by atoms with E-state index in [4.69, 9.17) is 4.74 Å². The average Bonchev–Trinajstić information content (AvgIpc) is 2.29. The van der Waals surface area contributed by atoms with E-state index in [1.165, 1.54) is 0 Å². The van der Waals surface area contributed by atoms with Crippen LogP contribution in [-0.4, -0.2) is 16.6 Å². The molecule has 0 radical (unpaired) electrons.